The minimum atomic E-state index is 0.884. The van der Waals surface area contributed by atoms with Gasteiger partial charge in [0.15, 0.2) is 0 Å². The number of hydrogen-bond acceptors (Lipinski definition) is 4. The summed E-state index contributed by atoms with van der Waals surface area (Å²) in [6, 6.07) is 4.33. The van der Waals surface area contributed by atoms with Crippen LogP contribution in [-0.4, -0.2) is 11.5 Å². The molecule has 94 valence electrons. The van der Waals surface area contributed by atoms with Crippen LogP contribution >= 0.6 is 11.3 Å². The van der Waals surface area contributed by atoms with E-state index in [0.29, 0.717) is 0 Å². The van der Waals surface area contributed by atoms with Gasteiger partial charge in [0, 0.05) is 23.3 Å². The number of nitrogens with two attached hydrogens (primary N) is 1. The highest BCUT2D eigenvalue weighted by molar-refractivity contribution is 7.09. The molecule has 3 rings (SSSR count). The number of aromatic nitrogens is 1. The van der Waals surface area contributed by atoms with Crippen molar-refractivity contribution >= 4 is 22.7 Å². The highest BCUT2D eigenvalue weighted by Crippen LogP contribution is 2.33. The average molecular weight is 259 g/mol. The van der Waals surface area contributed by atoms with Crippen LogP contribution in [0, 0.1) is 13.8 Å². The Hall–Kier alpha value is -1.55. The van der Waals surface area contributed by atoms with Crippen LogP contribution in [0.5, 0.6) is 0 Å². The number of nitrogen functional groups attached to an aromatic ring is 1. The minimum absolute atomic E-state index is 0.884. The summed E-state index contributed by atoms with van der Waals surface area (Å²) in [7, 11) is 0. The number of rotatable bonds is 2. The number of nitrogens with zero attached hydrogens (tertiary/aromatic N) is 2. The molecule has 0 unspecified atom stereocenters. The van der Waals surface area contributed by atoms with Crippen molar-refractivity contribution in [2.75, 3.05) is 17.2 Å². The molecule has 2 aromatic rings. The number of thiazole rings is 1. The summed E-state index contributed by atoms with van der Waals surface area (Å²) in [5.41, 5.74) is 11.9. The zero-order valence-electron chi connectivity index (χ0n) is 10.7. The quantitative estimate of drug-likeness (QED) is 0.843. The molecule has 18 heavy (non-hydrogen) atoms. The average Bonchev–Trinajstić information content (AvgIpc) is 2.89. The highest BCUT2D eigenvalue weighted by atomic mass is 32.1. The summed E-state index contributed by atoms with van der Waals surface area (Å²) in [6.45, 7) is 6.07. The molecule has 3 nitrogen and oxygen atoms in total. The van der Waals surface area contributed by atoms with Gasteiger partial charge in [-0.25, -0.2) is 4.98 Å². The molecule has 0 saturated heterocycles. The van der Waals surface area contributed by atoms with E-state index in [4.69, 9.17) is 5.73 Å². The summed E-state index contributed by atoms with van der Waals surface area (Å²) in [4.78, 5) is 6.91. The predicted octanol–water partition coefficient (Wildman–Crippen LogP) is 2.90. The lowest BCUT2D eigenvalue weighted by Crippen LogP contribution is -2.20. The van der Waals surface area contributed by atoms with Crippen molar-refractivity contribution in [3.63, 3.8) is 0 Å². The van der Waals surface area contributed by atoms with Crippen molar-refractivity contribution in [1.29, 1.82) is 0 Å². The lowest BCUT2D eigenvalue weighted by Gasteiger charge is -2.18. The fourth-order valence-electron chi connectivity index (χ4n) is 2.48. The third-order valence-electron chi connectivity index (χ3n) is 3.48. The van der Waals surface area contributed by atoms with Crippen molar-refractivity contribution < 1.29 is 0 Å². The lowest BCUT2D eigenvalue weighted by molar-refractivity contribution is 0.818. The highest BCUT2D eigenvalue weighted by Gasteiger charge is 2.20. The minimum Gasteiger partial charge on any atom is -0.398 e. The molecule has 0 saturated carbocycles. The smallest absolute Gasteiger partial charge is 0.0898 e. The molecule has 2 N–H and O–H groups in total. The van der Waals surface area contributed by atoms with E-state index < -0.39 is 0 Å². The zero-order valence-corrected chi connectivity index (χ0v) is 11.5. The number of anilines is 2. The van der Waals surface area contributed by atoms with Crippen molar-refractivity contribution in [2.45, 2.75) is 26.8 Å². The predicted molar refractivity (Wildman–Crippen MR) is 77.2 cm³/mol. The van der Waals surface area contributed by atoms with E-state index in [1.807, 2.05) is 6.92 Å². The van der Waals surface area contributed by atoms with E-state index in [0.717, 1.165) is 35.9 Å². The monoisotopic (exact) mass is 259 g/mol. The summed E-state index contributed by atoms with van der Waals surface area (Å²) in [5, 5.41) is 3.28. The van der Waals surface area contributed by atoms with E-state index >= 15 is 0 Å². The maximum Gasteiger partial charge on any atom is 0.0898 e. The van der Waals surface area contributed by atoms with Crippen LogP contribution in [0.1, 0.15) is 21.8 Å². The van der Waals surface area contributed by atoms with Gasteiger partial charge in [0.05, 0.1) is 17.2 Å². The van der Waals surface area contributed by atoms with Gasteiger partial charge < -0.3 is 10.6 Å². The molecule has 1 aromatic carbocycles. The van der Waals surface area contributed by atoms with Gasteiger partial charge in [-0.3, -0.25) is 0 Å². The Bertz CT molecular complexity index is 589. The van der Waals surface area contributed by atoms with Crippen molar-refractivity contribution in [3.8, 4) is 0 Å². The maximum absolute atomic E-state index is 6.01. The van der Waals surface area contributed by atoms with Crippen molar-refractivity contribution in [3.05, 3.63) is 39.3 Å². The molecule has 1 aliphatic heterocycles. The van der Waals surface area contributed by atoms with Gasteiger partial charge in [-0.05, 0) is 37.5 Å². The summed E-state index contributed by atoms with van der Waals surface area (Å²) >= 11 is 1.71. The van der Waals surface area contributed by atoms with Gasteiger partial charge >= 0.3 is 0 Å². The third-order valence-corrected chi connectivity index (χ3v) is 4.30. The summed E-state index contributed by atoms with van der Waals surface area (Å²) < 4.78 is 0. The number of fused-ring (bicyclic) bond motifs is 1. The van der Waals surface area contributed by atoms with Crippen LogP contribution in [0.3, 0.4) is 0 Å². The molecular weight excluding hydrogens is 242 g/mol. The van der Waals surface area contributed by atoms with Gasteiger partial charge in [-0.15, -0.1) is 11.3 Å². The SMILES string of the molecule is Cc1nc(CN2CCc3cc(C)c(N)cc32)cs1. The van der Waals surface area contributed by atoms with E-state index in [2.05, 4.69) is 34.3 Å². The molecule has 1 aliphatic rings. The second kappa shape index (κ2) is 4.28. The Kier molecular flexibility index (Phi) is 2.74. The Morgan fingerprint density at radius 2 is 2.22 bits per heavy atom. The summed E-state index contributed by atoms with van der Waals surface area (Å²) in [6.07, 6.45) is 1.11. The van der Waals surface area contributed by atoms with Gasteiger partial charge in [0.2, 0.25) is 0 Å². The third kappa shape index (κ3) is 1.97. The normalized spacial score (nSPS) is 14.0. The number of hydrogen-bond donors (Lipinski definition) is 1. The largest absolute Gasteiger partial charge is 0.398 e. The molecular formula is C14H17N3S. The van der Waals surface area contributed by atoms with Gasteiger partial charge in [0.1, 0.15) is 0 Å². The molecule has 0 fully saturated rings. The molecule has 1 aromatic heterocycles. The van der Waals surface area contributed by atoms with Crippen LogP contribution in [0.4, 0.5) is 11.4 Å². The Morgan fingerprint density at radius 3 is 2.94 bits per heavy atom. The van der Waals surface area contributed by atoms with Crippen molar-refractivity contribution in [2.24, 2.45) is 0 Å². The Labute approximate surface area is 111 Å². The number of aryl methyl sites for hydroxylation is 2. The molecule has 0 radical (unpaired) electrons. The second-order valence-electron chi connectivity index (χ2n) is 4.87. The van der Waals surface area contributed by atoms with Gasteiger partial charge in [-0.1, -0.05) is 6.07 Å². The Balaban J connectivity index is 1.88. The first-order valence-electron chi connectivity index (χ1n) is 6.18. The molecule has 4 heteroatoms. The first-order chi connectivity index (χ1) is 8.63. The first kappa shape index (κ1) is 11.5. The van der Waals surface area contributed by atoms with Crippen LogP contribution in [-0.2, 0) is 13.0 Å². The van der Waals surface area contributed by atoms with Gasteiger partial charge in [0.25, 0.3) is 0 Å². The zero-order chi connectivity index (χ0) is 12.7. The second-order valence-corrected chi connectivity index (χ2v) is 5.93. The van der Waals surface area contributed by atoms with Crippen LogP contribution in [0.2, 0.25) is 0 Å². The van der Waals surface area contributed by atoms with E-state index in [-0.39, 0.29) is 0 Å². The molecule has 0 atom stereocenters. The maximum atomic E-state index is 6.01. The van der Waals surface area contributed by atoms with Crippen molar-refractivity contribution in [1.82, 2.24) is 4.98 Å². The number of benzene rings is 1. The topological polar surface area (TPSA) is 42.2 Å². The lowest BCUT2D eigenvalue weighted by atomic mass is 10.1. The fourth-order valence-corrected chi connectivity index (χ4v) is 3.09. The molecule has 0 amide bonds. The molecule has 0 spiro atoms. The first-order valence-corrected chi connectivity index (χ1v) is 7.06. The van der Waals surface area contributed by atoms with Gasteiger partial charge in [-0.2, -0.15) is 0 Å². The molecule has 0 aliphatic carbocycles. The van der Waals surface area contributed by atoms with E-state index in [9.17, 15) is 0 Å². The standard InChI is InChI=1S/C14H17N3S/c1-9-5-11-3-4-17(14(11)6-13(9)15)7-12-8-18-10(2)16-12/h5-6,8H,3-4,7,15H2,1-2H3. The van der Waals surface area contributed by atoms with Crippen LogP contribution in [0.25, 0.3) is 0 Å². The van der Waals surface area contributed by atoms with Crippen LogP contribution < -0.4 is 10.6 Å². The fraction of sp³-hybridized carbons (Fsp3) is 0.357. The molecule has 0 bridgehead atoms. The van der Waals surface area contributed by atoms with E-state index in [1.54, 1.807) is 11.3 Å². The molecule has 2 heterocycles. The Morgan fingerprint density at radius 1 is 1.39 bits per heavy atom. The van der Waals surface area contributed by atoms with E-state index in [1.165, 1.54) is 16.8 Å². The van der Waals surface area contributed by atoms with Crippen LogP contribution in [0.15, 0.2) is 17.5 Å². The summed E-state index contributed by atoms with van der Waals surface area (Å²) in [5.74, 6) is 0.